The van der Waals surface area contributed by atoms with Gasteiger partial charge in [0.05, 0.1) is 5.41 Å². The van der Waals surface area contributed by atoms with Crippen molar-refractivity contribution in [2.24, 2.45) is 10.4 Å². The van der Waals surface area contributed by atoms with Crippen LogP contribution < -0.4 is 15.5 Å². The van der Waals surface area contributed by atoms with E-state index in [0.717, 1.165) is 50.8 Å². The van der Waals surface area contributed by atoms with Gasteiger partial charge in [0.2, 0.25) is 11.8 Å². The fraction of sp³-hybridized carbons (Fsp3) is 0.609. The molecule has 7 nitrogen and oxygen atoms in total. The number of para-hydroxylation sites is 1. The molecular formula is C23H35N5O2. The lowest BCUT2D eigenvalue weighted by atomic mass is 9.84. The first-order chi connectivity index (χ1) is 14.5. The third-order valence-corrected chi connectivity index (χ3v) is 6.14. The number of nitrogens with one attached hydrogen (secondary N) is 2. The predicted octanol–water partition coefficient (Wildman–Crippen LogP) is 2.17. The number of hydrogen-bond donors (Lipinski definition) is 2. The molecule has 0 aromatic heterocycles. The molecule has 7 heteroatoms. The van der Waals surface area contributed by atoms with Crippen molar-refractivity contribution in [1.29, 1.82) is 0 Å². The second-order valence-electron chi connectivity index (χ2n) is 8.51. The quantitative estimate of drug-likeness (QED) is 0.554. The van der Waals surface area contributed by atoms with Crippen LogP contribution in [0.3, 0.4) is 0 Å². The van der Waals surface area contributed by atoms with Crippen LogP contribution >= 0.6 is 0 Å². The molecule has 164 valence electrons. The summed E-state index contributed by atoms with van der Waals surface area (Å²) in [5, 5.41) is 6.55. The highest BCUT2D eigenvalue weighted by molar-refractivity contribution is 5.97. The van der Waals surface area contributed by atoms with Gasteiger partial charge in [-0.3, -0.25) is 9.59 Å². The summed E-state index contributed by atoms with van der Waals surface area (Å²) in [4.78, 5) is 33.8. The van der Waals surface area contributed by atoms with Crippen molar-refractivity contribution in [3.63, 3.8) is 0 Å². The topological polar surface area (TPSA) is 77.0 Å². The van der Waals surface area contributed by atoms with Gasteiger partial charge in [-0.2, -0.15) is 0 Å². The largest absolute Gasteiger partial charge is 0.357 e. The van der Waals surface area contributed by atoms with Crippen LogP contribution in [0.2, 0.25) is 0 Å². The summed E-state index contributed by atoms with van der Waals surface area (Å²) in [6, 6.07) is 8.09. The van der Waals surface area contributed by atoms with Crippen LogP contribution in [0.5, 0.6) is 0 Å². The standard InChI is InChI=1S/C23H35N5O2/c1-4-24-22(26-17-23(13-7-8-14-23)21(30)27(2)3)25-16-20(29)28-15-9-11-18-10-5-6-12-19(18)28/h5-6,10,12H,4,7-9,11,13-17H2,1-3H3,(H2,24,25,26). The number of amides is 2. The highest BCUT2D eigenvalue weighted by atomic mass is 16.2. The second-order valence-corrected chi connectivity index (χ2v) is 8.51. The van der Waals surface area contributed by atoms with E-state index in [1.165, 1.54) is 5.56 Å². The first-order valence-corrected chi connectivity index (χ1v) is 11.1. The van der Waals surface area contributed by atoms with E-state index in [0.29, 0.717) is 19.0 Å². The van der Waals surface area contributed by atoms with Crippen LogP contribution in [0.15, 0.2) is 29.3 Å². The summed E-state index contributed by atoms with van der Waals surface area (Å²) in [5.74, 6) is 0.762. The average Bonchev–Trinajstić information content (AvgIpc) is 3.24. The summed E-state index contributed by atoms with van der Waals surface area (Å²) in [6.45, 7) is 4.04. The minimum absolute atomic E-state index is 0.000648. The number of aryl methyl sites for hydroxylation is 1. The van der Waals surface area contributed by atoms with E-state index in [1.54, 1.807) is 4.90 Å². The Morgan fingerprint density at radius 3 is 2.57 bits per heavy atom. The van der Waals surface area contributed by atoms with Gasteiger partial charge in [0.25, 0.3) is 0 Å². The van der Waals surface area contributed by atoms with E-state index in [2.05, 4.69) is 21.7 Å². The molecule has 2 aliphatic rings. The molecule has 0 atom stereocenters. The van der Waals surface area contributed by atoms with Gasteiger partial charge in [0.1, 0.15) is 6.54 Å². The van der Waals surface area contributed by atoms with Gasteiger partial charge in [-0.15, -0.1) is 0 Å². The predicted molar refractivity (Wildman–Crippen MR) is 121 cm³/mol. The molecule has 1 aliphatic carbocycles. The molecule has 2 amide bonds. The molecule has 1 aliphatic heterocycles. The molecule has 2 N–H and O–H groups in total. The number of anilines is 1. The number of hydrogen-bond acceptors (Lipinski definition) is 3. The van der Waals surface area contributed by atoms with E-state index < -0.39 is 0 Å². The minimum Gasteiger partial charge on any atom is -0.357 e. The number of benzene rings is 1. The maximum atomic E-state index is 12.9. The van der Waals surface area contributed by atoms with Crippen LogP contribution in [-0.2, 0) is 16.0 Å². The van der Waals surface area contributed by atoms with Gasteiger partial charge in [-0.1, -0.05) is 31.0 Å². The fourth-order valence-corrected chi connectivity index (χ4v) is 4.61. The maximum absolute atomic E-state index is 12.9. The third-order valence-electron chi connectivity index (χ3n) is 6.14. The number of carbonyl (C=O) groups is 2. The number of rotatable bonds is 6. The molecule has 0 unspecified atom stereocenters. The number of fused-ring (bicyclic) bond motifs is 1. The lowest BCUT2D eigenvalue weighted by molar-refractivity contribution is -0.138. The Kier molecular flexibility index (Phi) is 7.34. The van der Waals surface area contributed by atoms with Crippen molar-refractivity contribution in [1.82, 2.24) is 15.5 Å². The molecule has 1 aromatic rings. The number of nitrogens with zero attached hydrogens (tertiary/aromatic N) is 3. The Balaban J connectivity index is 1.66. The number of guanidine groups is 1. The summed E-state index contributed by atoms with van der Waals surface area (Å²) in [6.07, 6.45) is 5.90. The second kappa shape index (κ2) is 9.96. The Bertz CT molecular complexity index is 784. The van der Waals surface area contributed by atoms with E-state index in [1.807, 2.05) is 44.1 Å². The van der Waals surface area contributed by atoms with Crippen molar-refractivity contribution in [2.45, 2.75) is 45.4 Å². The smallest absolute Gasteiger partial charge is 0.248 e. The molecule has 3 rings (SSSR count). The number of carbonyl (C=O) groups excluding carboxylic acids is 2. The van der Waals surface area contributed by atoms with Crippen molar-refractivity contribution in [2.75, 3.05) is 45.2 Å². The van der Waals surface area contributed by atoms with E-state index in [9.17, 15) is 9.59 Å². The molecule has 1 saturated carbocycles. The zero-order valence-electron chi connectivity index (χ0n) is 18.5. The summed E-state index contributed by atoms with van der Waals surface area (Å²) < 4.78 is 0. The van der Waals surface area contributed by atoms with Gasteiger partial charge in [-0.05, 0) is 44.2 Å². The van der Waals surface area contributed by atoms with E-state index in [4.69, 9.17) is 0 Å². The van der Waals surface area contributed by atoms with Crippen molar-refractivity contribution in [3.05, 3.63) is 29.8 Å². The lowest BCUT2D eigenvalue weighted by Gasteiger charge is -2.31. The third kappa shape index (κ3) is 4.94. The Morgan fingerprint density at radius 1 is 1.13 bits per heavy atom. The van der Waals surface area contributed by atoms with Crippen LogP contribution in [0.25, 0.3) is 0 Å². The van der Waals surface area contributed by atoms with Crippen molar-refractivity contribution in [3.8, 4) is 0 Å². The summed E-state index contributed by atoms with van der Waals surface area (Å²) in [5.41, 5.74) is 1.84. The van der Waals surface area contributed by atoms with Crippen molar-refractivity contribution < 1.29 is 9.59 Å². The lowest BCUT2D eigenvalue weighted by Crippen LogP contribution is -2.49. The van der Waals surface area contributed by atoms with Crippen LogP contribution in [0.1, 0.15) is 44.6 Å². The molecule has 1 aromatic carbocycles. The average molecular weight is 414 g/mol. The number of aliphatic imine (C=N–C) groups is 1. The van der Waals surface area contributed by atoms with Crippen LogP contribution in [-0.4, -0.2) is 62.9 Å². The van der Waals surface area contributed by atoms with Crippen molar-refractivity contribution >= 4 is 23.5 Å². The molecule has 30 heavy (non-hydrogen) atoms. The van der Waals surface area contributed by atoms with E-state index >= 15 is 0 Å². The normalized spacial score (nSPS) is 18.0. The van der Waals surface area contributed by atoms with Gasteiger partial charge < -0.3 is 20.4 Å². The monoisotopic (exact) mass is 413 g/mol. The molecule has 0 saturated heterocycles. The zero-order valence-corrected chi connectivity index (χ0v) is 18.5. The van der Waals surface area contributed by atoms with Gasteiger partial charge in [0, 0.05) is 39.4 Å². The van der Waals surface area contributed by atoms with E-state index in [-0.39, 0.29) is 23.8 Å². The van der Waals surface area contributed by atoms with Gasteiger partial charge in [-0.25, -0.2) is 4.99 Å². The molecule has 0 spiro atoms. The first kappa shape index (κ1) is 22.1. The zero-order chi connectivity index (χ0) is 21.6. The maximum Gasteiger partial charge on any atom is 0.248 e. The first-order valence-electron chi connectivity index (χ1n) is 11.1. The van der Waals surface area contributed by atoms with Gasteiger partial charge in [0.15, 0.2) is 5.96 Å². The summed E-state index contributed by atoms with van der Waals surface area (Å²) in [7, 11) is 3.63. The molecule has 0 bridgehead atoms. The van der Waals surface area contributed by atoms with Crippen LogP contribution in [0, 0.1) is 5.41 Å². The molecular weight excluding hydrogens is 378 g/mol. The Labute approximate surface area is 179 Å². The Morgan fingerprint density at radius 2 is 1.87 bits per heavy atom. The summed E-state index contributed by atoms with van der Waals surface area (Å²) >= 11 is 0. The fourth-order valence-electron chi connectivity index (χ4n) is 4.61. The SMILES string of the molecule is CCNC(=NCC(=O)N1CCCc2ccccc21)NCC1(C(=O)N(C)C)CCCC1. The minimum atomic E-state index is -0.379. The molecule has 1 heterocycles. The molecule has 0 radical (unpaired) electrons. The van der Waals surface area contributed by atoms with Gasteiger partial charge >= 0.3 is 0 Å². The highest BCUT2D eigenvalue weighted by Gasteiger charge is 2.42. The Hall–Kier alpha value is -2.57. The molecule has 1 fully saturated rings. The van der Waals surface area contributed by atoms with Crippen LogP contribution in [0.4, 0.5) is 5.69 Å². The highest BCUT2D eigenvalue weighted by Crippen LogP contribution is 2.38.